The maximum atomic E-state index is 5.25. The van der Waals surface area contributed by atoms with Gasteiger partial charge < -0.3 is 0 Å². The first-order chi connectivity index (χ1) is 25.0. The first-order valence-corrected chi connectivity index (χ1v) is 17.5. The summed E-state index contributed by atoms with van der Waals surface area (Å²) in [7, 11) is 0. The average Bonchev–Trinajstić information content (AvgIpc) is 3.42. The number of rotatable bonds is 4. The highest BCUT2D eigenvalue weighted by atomic mass is 15.0. The summed E-state index contributed by atoms with van der Waals surface area (Å²) in [5.74, 6) is 1.98. The highest BCUT2D eigenvalue weighted by Gasteiger charge is 2.35. The molecular formula is C48H33N3. The standard InChI is InChI=1S/C48H33N3/c1-48(2)43-26-8-7-19-38(43)42-29-32(27-28-44(42)48)35-20-11-22-37-36(35)21-12-25-41(37)47-50-45(39-23-9-15-30-13-3-5-17-33(30)39)49-46(51-47)40-24-10-16-31-14-4-6-18-34(31)40/h3-29H,1-2H3. The third-order valence-electron chi connectivity index (χ3n) is 10.8. The fraction of sp³-hybridized carbons (Fsp3) is 0.0625. The lowest BCUT2D eigenvalue weighted by Gasteiger charge is -2.21. The lowest BCUT2D eigenvalue weighted by atomic mass is 9.82. The van der Waals surface area contributed by atoms with E-state index in [1.807, 2.05) is 0 Å². The zero-order valence-electron chi connectivity index (χ0n) is 28.4. The van der Waals surface area contributed by atoms with Gasteiger partial charge in [0.25, 0.3) is 0 Å². The molecule has 1 aliphatic carbocycles. The number of aromatic nitrogens is 3. The lowest BCUT2D eigenvalue weighted by Crippen LogP contribution is -2.14. The summed E-state index contributed by atoms with van der Waals surface area (Å²) in [6.45, 7) is 4.66. The van der Waals surface area contributed by atoms with Gasteiger partial charge in [0, 0.05) is 22.1 Å². The van der Waals surface area contributed by atoms with Crippen molar-refractivity contribution in [2.75, 3.05) is 0 Å². The Morgan fingerprint density at radius 1 is 0.333 bits per heavy atom. The molecule has 0 atom stereocenters. The van der Waals surface area contributed by atoms with E-state index in [-0.39, 0.29) is 5.41 Å². The van der Waals surface area contributed by atoms with Gasteiger partial charge >= 0.3 is 0 Å². The molecule has 0 radical (unpaired) electrons. The maximum absolute atomic E-state index is 5.25. The van der Waals surface area contributed by atoms with Crippen LogP contribution in [-0.2, 0) is 5.41 Å². The van der Waals surface area contributed by atoms with Gasteiger partial charge in [0.1, 0.15) is 0 Å². The summed E-state index contributed by atoms with van der Waals surface area (Å²) in [6.07, 6.45) is 0. The van der Waals surface area contributed by atoms with Crippen molar-refractivity contribution in [3.8, 4) is 56.4 Å². The normalized spacial score (nSPS) is 13.1. The van der Waals surface area contributed by atoms with Crippen molar-refractivity contribution >= 4 is 32.3 Å². The smallest absolute Gasteiger partial charge is 0.164 e. The average molecular weight is 652 g/mol. The molecule has 3 nitrogen and oxygen atoms in total. The minimum Gasteiger partial charge on any atom is -0.208 e. The van der Waals surface area contributed by atoms with Crippen LogP contribution < -0.4 is 0 Å². The SMILES string of the molecule is CC1(C)c2ccccc2-c2cc(-c3cccc4c(-c5nc(-c6cccc7ccccc67)nc(-c6cccc7ccccc67)n5)cccc34)ccc21. The zero-order valence-corrected chi connectivity index (χ0v) is 28.4. The summed E-state index contributed by atoms with van der Waals surface area (Å²) in [5.41, 5.74) is 10.7. The van der Waals surface area contributed by atoms with Crippen molar-refractivity contribution in [2.45, 2.75) is 19.3 Å². The molecule has 0 spiro atoms. The van der Waals surface area contributed by atoms with E-state index < -0.39 is 0 Å². The first kappa shape index (κ1) is 29.5. The van der Waals surface area contributed by atoms with Gasteiger partial charge in [-0.1, -0.05) is 172 Å². The molecule has 51 heavy (non-hydrogen) atoms. The topological polar surface area (TPSA) is 38.7 Å². The lowest BCUT2D eigenvalue weighted by molar-refractivity contribution is 0.660. The summed E-state index contributed by atoms with van der Waals surface area (Å²) >= 11 is 0. The predicted octanol–water partition coefficient (Wildman–Crippen LogP) is 12.3. The molecule has 0 bridgehead atoms. The van der Waals surface area contributed by atoms with Gasteiger partial charge in [0.15, 0.2) is 17.5 Å². The monoisotopic (exact) mass is 651 g/mol. The Kier molecular flexibility index (Phi) is 6.53. The van der Waals surface area contributed by atoms with Crippen LogP contribution in [0.1, 0.15) is 25.0 Å². The molecule has 1 aromatic heterocycles. The van der Waals surface area contributed by atoms with Crippen LogP contribution in [0.15, 0.2) is 164 Å². The molecule has 0 fully saturated rings. The van der Waals surface area contributed by atoms with Gasteiger partial charge in [0.2, 0.25) is 0 Å². The van der Waals surface area contributed by atoms with E-state index in [1.165, 1.54) is 38.8 Å². The van der Waals surface area contributed by atoms with Crippen LogP contribution >= 0.6 is 0 Å². The van der Waals surface area contributed by atoms with Crippen molar-refractivity contribution in [3.05, 3.63) is 175 Å². The third-order valence-corrected chi connectivity index (χ3v) is 10.8. The molecule has 9 aromatic rings. The Labute approximate surface area is 297 Å². The minimum atomic E-state index is -0.0291. The van der Waals surface area contributed by atoms with E-state index in [0.717, 1.165) is 43.6 Å². The molecule has 10 rings (SSSR count). The van der Waals surface area contributed by atoms with Gasteiger partial charge in [-0.3, -0.25) is 0 Å². The summed E-state index contributed by atoms with van der Waals surface area (Å²) < 4.78 is 0. The Hall–Kier alpha value is -6.45. The van der Waals surface area contributed by atoms with E-state index in [9.17, 15) is 0 Å². The van der Waals surface area contributed by atoms with Crippen LogP contribution in [0, 0.1) is 0 Å². The van der Waals surface area contributed by atoms with Gasteiger partial charge in [0.05, 0.1) is 0 Å². The van der Waals surface area contributed by atoms with Crippen molar-refractivity contribution in [1.29, 1.82) is 0 Å². The van der Waals surface area contributed by atoms with E-state index in [2.05, 4.69) is 178 Å². The van der Waals surface area contributed by atoms with Crippen LogP contribution in [-0.4, -0.2) is 15.0 Å². The highest BCUT2D eigenvalue weighted by molar-refractivity contribution is 6.05. The molecule has 0 N–H and O–H groups in total. The fourth-order valence-electron chi connectivity index (χ4n) is 8.22. The van der Waals surface area contributed by atoms with Crippen molar-refractivity contribution in [2.24, 2.45) is 0 Å². The fourth-order valence-corrected chi connectivity index (χ4v) is 8.22. The molecule has 0 saturated heterocycles. The van der Waals surface area contributed by atoms with Crippen LogP contribution in [0.4, 0.5) is 0 Å². The van der Waals surface area contributed by atoms with Gasteiger partial charge in [-0.05, 0) is 71.8 Å². The Balaban J connectivity index is 1.19. The minimum absolute atomic E-state index is 0.0291. The Morgan fingerprint density at radius 3 is 1.37 bits per heavy atom. The van der Waals surface area contributed by atoms with Crippen LogP contribution in [0.25, 0.3) is 88.7 Å². The van der Waals surface area contributed by atoms with Crippen LogP contribution in [0.2, 0.25) is 0 Å². The zero-order chi connectivity index (χ0) is 34.1. The molecule has 3 heteroatoms. The highest BCUT2D eigenvalue weighted by Crippen LogP contribution is 2.50. The number of hydrogen-bond donors (Lipinski definition) is 0. The number of hydrogen-bond acceptors (Lipinski definition) is 3. The summed E-state index contributed by atoms with van der Waals surface area (Å²) in [6, 6.07) is 58.4. The van der Waals surface area contributed by atoms with E-state index in [0.29, 0.717) is 17.5 Å². The molecule has 8 aromatic carbocycles. The molecule has 1 heterocycles. The second kappa shape index (κ2) is 11.3. The number of nitrogens with zero attached hydrogens (tertiary/aromatic N) is 3. The number of benzene rings is 8. The molecule has 0 amide bonds. The number of fused-ring (bicyclic) bond motifs is 6. The van der Waals surface area contributed by atoms with Crippen molar-refractivity contribution in [1.82, 2.24) is 15.0 Å². The quantitative estimate of drug-likeness (QED) is 0.190. The summed E-state index contributed by atoms with van der Waals surface area (Å²) in [4.78, 5) is 15.7. The first-order valence-electron chi connectivity index (χ1n) is 17.5. The largest absolute Gasteiger partial charge is 0.208 e. The van der Waals surface area contributed by atoms with Gasteiger partial charge in [-0.2, -0.15) is 0 Å². The second-order valence-electron chi connectivity index (χ2n) is 14.0. The van der Waals surface area contributed by atoms with Gasteiger partial charge in [-0.15, -0.1) is 0 Å². The summed E-state index contributed by atoms with van der Waals surface area (Å²) in [5, 5.41) is 6.80. The molecule has 0 saturated carbocycles. The molecule has 240 valence electrons. The molecule has 0 aliphatic heterocycles. The third kappa shape index (κ3) is 4.62. The Morgan fingerprint density at radius 2 is 0.745 bits per heavy atom. The predicted molar refractivity (Wildman–Crippen MR) is 212 cm³/mol. The van der Waals surface area contributed by atoms with Gasteiger partial charge in [-0.25, -0.2) is 15.0 Å². The molecule has 0 unspecified atom stereocenters. The van der Waals surface area contributed by atoms with E-state index in [1.54, 1.807) is 0 Å². The Bertz CT molecular complexity index is 2740. The van der Waals surface area contributed by atoms with Crippen molar-refractivity contribution in [3.63, 3.8) is 0 Å². The molecule has 1 aliphatic rings. The van der Waals surface area contributed by atoms with E-state index in [4.69, 9.17) is 15.0 Å². The molecular weight excluding hydrogens is 619 g/mol. The van der Waals surface area contributed by atoms with Crippen molar-refractivity contribution < 1.29 is 0 Å². The van der Waals surface area contributed by atoms with Crippen LogP contribution in [0.5, 0.6) is 0 Å². The van der Waals surface area contributed by atoms with E-state index >= 15 is 0 Å². The maximum Gasteiger partial charge on any atom is 0.164 e. The van der Waals surface area contributed by atoms with Crippen LogP contribution in [0.3, 0.4) is 0 Å². The second-order valence-corrected chi connectivity index (χ2v) is 14.0.